The Morgan fingerprint density at radius 2 is 2.00 bits per heavy atom. The van der Waals surface area contributed by atoms with Crippen molar-refractivity contribution >= 4 is 0 Å². The minimum absolute atomic E-state index is 0.230. The first-order chi connectivity index (χ1) is 6.18. The molecule has 0 spiro atoms. The molecule has 0 amide bonds. The van der Waals surface area contributed by atoms with Crippen LogP contribution >= 0.6 is 0 Å². The van der Waals surface area contributed by atoms with Gasteiger partial charge in [0.25, 0.3) is 0 Å². The Hall–Kier alpha value is -0.820. The molecule has 0 bridgehead atoms. The van der Waals surface area contributed by atoms with E-state index < -0.39 is 0 Å². The second-order valence-electron chi connectivity index (χ2n) is 4.13. The van der Waals surface area contributed by atoms with Crippen molar-refractivity contribution < 1.29 is 5.11 Å². The summed E-state index contributed by atoms with van der Waals surface area (Å²) < 4.78 is 0. The molecule has 1 aromatic carbocycles. The van der Waals surface area contributed by atoms with E-state index in [-0.39, 0.29) is 6.10 Å². The van der Waals surface area contributed by atoms with Crippen LogP contribution in [0, 0.1) is 6.92 Å². The molecule has 1 aromatic rings. The molecule has 0 saturated heterocycles. The third-order valence-corrected chi connectivity index (χ3v) is 3.01. The quantitative estimate of drug-likeness (QED) is 0.644. The number of benzene rings is 1. The Morgan fingerprint density at radius 1 is 1.23 bits per heavy atom. The Morgan fingerprint density at radius 3 is 2.77 bits per heavy atom. The van der Waals surface area contributed by atoms with E-state index in [4.69, 9.17) is 0 Å². The van der Waals surface area contributed by atoms with Crippen molar-refractivity contribution in [1.29, 1.82) is 0 Å². The predicted molar refractivity (Wildman–Crippen MR) is 53.8 cm³/mol. The molecule has 1 aliphatic carbocycles. The summed E-state index contributed by atoms with van der Waals surface area (Å²) in [5, 5.41) is 9.80. The summed E-state index contributed by atoms with van der Waals surface area (Å²) in [6, 6.07) is 6.42. The lowest BCUT2D eigenvalue weighted by Gasteiger charge is -2.26. The smallest absolute Gasteiger partial charge is 0.0793 e. The molecular formula is C12H16O. The number of aliphatic hydroxyl groups excluding tert-OH is 1. The lowest BCUT2D eigenvalue weighted by molar-refractivity contribution is 0.151. The second-order valence-corrected chi connectivity index (χ2v) is 4.13. The standard InChI is InChI=1S/C12H16O/c1-8-3-5-10-9(2)4-6-12(13)11(10)7-8/h3,5,7,9,12-13H,4,6H2,1-2H3/t9?,12-/m1/s1. The molecule has 1 nitrogen and oxygen atoms in total. The van der Waals surface area contributed by atoms with Gasteiger partial charge >= 0.3 is 0 Å². The van der Waals surface area contributed by atoms with Gasteiger partial charge in [0.2, 0.25) is 0 Å². The van der Waals surface area contributed by atoms with Gasteiger partial charge in [-0.1, -0.05) is 30.7 Å². The predicted octanol–water partition coefficient (Wildman–Crippen LogP) is 2.93. The highest BCUT2D eigenvalue weighted by molar-refractivity contribution is 5.37. The fourth-order valence-corrected chi connectivity index (χ4v) is 2.15. The summed E-state index contributed by atoms with van der Waals surface area (Å²) >= 11 is 0. The summed E-state index contributed by atoms with van der Waals surface area (Å²) in [6.07, 6.45) is 1.79. The number of aryl methyl sites for hydroxylation is 1. The van der Waals surface area contributed by atoms with Crippen LogP contribution in [0.5, 0.6) is 0 Å². The Labute approximate surface area is 79.4 Å². The minimum Gasteiger partial charge on any atom is -0.388 e. The van der Waals surface area contributed by atoms with E-state index in [0.717, 1.165) is 18.4 Å². The van der Waals surface area contributed by atoms with Crippen molar-refractivity contribution in [2.45, 2.75) is 38.7 Å². The van der Waals surface area contributed by atoms with Crippen LogP contribution in [-0.2, 0) is 0 Å². The van der Waals surface area contributed by atoms with Gasteiger partial charge in [-0.3, -0.25) is 0 Å². The van der Waals surface area contributed by atoms with E-state index in [1.807, 2.05) is 0 Å². The van der Waals surface area contributed by atoms with Crippen molar-refractivity contribution in [2.75, 3.05) is 0 Å². The zero-order valence-electron chi connectivity index (χ0n) is 8.25. The first kappa shape index (κ1) is 8.76. The van der Waals surface area contributed by atoms with Gasteiger partial charge in [-0.25, -0.2) is 0 Å². The van der Waals surface area contributed by atoms with Crippen molar-refractivity contribution in [3.63, 3.8) is 0 Å². The Bertz CT molecular complexity index is 317. The monoisotopic (exact) mass is 176 g/mol. The molecule has 2 atom stereocenters. The van der Waals surface area contributed by atoms with Crippen molar-refractivity contribution in [3.8, 4) is 0 Å². The van der Waals surface area contributed by atoms with Crippen molar-refractivity contribution in [1.82, 2.24) is 0 Å². The Balaban J connectivity index is 2.50. The number of hydrogen-bond acceptors (Lipinski definition) is 1. The molecule has 0 fully saturated rings. The molecule has 70 valence electrons. The van der Waals surface area contributed by atoms with Crippen LogP contribution in [0.1, 0.15) is 48.5 Å². The van der Waals surface area contributed by atoms with E-state index >= 15 is 0 Å². The van der Waals surface area contributed by atoms with E-state index in [1.165, 1.54) is 11.1 Å². The lowest BCUT2D eigenvalue weighted by Crippen LogP contribution is -2.12. The molecule has 13 heavy (non-hydrogen) atoms. The highest BCUT2D eigenvalue weighted by Crippen LogP contribution is 2.37. The topological polar surface area (TPSA) is 20.2 Å². The third-order valence-electron chi connectivity index (χ3n) is 3.01. The first-order valence-corrected chi connectivity index (χ1v) is 4.97. The number of hydrogen-bond donors (Lipinski definition) is 1. The average molecular weight is 176 g/mol. The molecule has 0 aromatic heterocycles. The molecule has 1 aliphatic rings. The van der Waals surface area contributed by atoms with E-state index in [1.54, 1.807) is 0 Å². The van der Waals surface area contributed by atoms with E-state index in [0.29, 0.717) is 5.92 Å². The third kappa shape index (κ3) is 1.49. The SMILES string of the molecule is Cc1ccc2c(c1)[C@H](O)CCC2C. The van der Waals surface area contributed by atoms with E-state index in [2.05, 4.69) is 32.0 Å². The fraction of sp³-hybridized carbons (Fsp3) is 0.500. The summed E-state index contributed by atoms with van der Waals surface area (Å²) in [4.78, 5) is 0. The highest BCUT2D eigenvalue weighted by atomic mass is 16.3. The average Bonchev–Trinajstić information content (AvgIpc) is 2.12. The highest BCUT2D eigenvalue weighted by Gasteiger charge is 2.22. The zero-order chi connectivity index (χ0) is 9.42. The minimum atomic E-state index is -0.230. The van der Waals surface area contributed by atoms with Crippen molar-refractivity contribution in [2.24, 2.45) is 0 Å². The molecule has 0 radical (unpaired) electrons. The first-order valence-electron chi connectivity index (χ1n) is 4.97. The van der Waals surface area contributed by atoms with Gasteiger partial charge < -0.3 is 5.11 Å². The normalized spacial score (nSPS) is 27.0. The van der Waals surface area contributed by atoms with Gasteiger partial charge in [0.15, 0.2) is 0 Å². The molecular weight excluding hydrogens is 160 g/mol. The summed E-state index contributed by atoms with van der Waals surface area (Å²) in [5.41, 5.74) is 3.73. The van der Waals surface area contributed by atoms with Crippen LogP contribution in [-0.4, -0.2) is 5.11 Å². The number of fused-ring (bicyclic) bond motifs is 1. The molecule has 1 N–H and O–H groups in total. The molecule has 0 heterocycles. The second kappa shape index (κ2) is 3.15. The van der Waals surface area contributed by atoms with Crippen LogP contribution in [0.2, 0.25) is 0 Å². The maximum Gasteiger partial charge on any atom is 0.0793 e. The van der Waals surface area contributed by atoms with Gasteiger partial charge in [0, 0.05) is 0 Å². The van der Waals surface area contributed by atoms with Gasteiger partial charge in [-0.2, -0.15) is 0 Å². The molecule has 0 aliphatic heterocycles. The van der Waals surface area contributed by atoms with Gasteiger partial charge in [-0.05, 0) is 36.8 Å². The van der Waals surface area contributed by atoms with E-state index in [9.17, 15) is 5.11 Å². The van der Waals surface area contributed by atoms with Crippen LogP contribution < -0.4 is 0 Å². The van der Waals surface area contributed by atoms with Crippen LogP contribution in [0.4, 0.5) is 0 Å². The van der Waals surface area contributed by atoms with Gasteiger partial charge in [0.05, 0.1) is 6.10 Å². The molecule has 0 saturated carbocycles. The van der Waals surface area contributed by atoms with Crippen LogP contribution in [0.15, 0.2) is 18.2 Å². The lowest BCUT2D eigenvalue weighted by atomic mass is 9.82. The zero-order valence-corrected chi connectivity index (χ0v) is 8.25. The molecule has 1 heteroatoms. The van der Waals surface area contributed by atoms with Crippen LogP contribution in [0.25, 0.3) is 0 Å². The maximum absolute atomic E-state index is 9.80. The van der Waals surface area contributed by atoms with Crippen LogP contribution in [0.3, 0.4) is 0 Å². The van der Waals surface area contributed by atoms with Gasteiger partial charge in [-0.15, -0.1) is 0 Å². The summed E-state index contributed by atoms with van der Waals surface area (Å²) in [5.74, 6) is 0.610. The summed E-state index contributed by atoms with van der Waals surface area (Å²) in [7, 11) is 0. The van der Waals surface area contributed by atoms with Gasteiger partial charge in [0.1, 0.15) is 0 Å². The fourth-order valence-electron chi connectivity index (χ4n) is 2.15. The number of rotatable bonds is 0. The summed E-state index contributed by atoms with van der Waals surface area (Å²) in [6.45, 7) is 4.31. The number of aliphatic hydroxyl groups is 1. The molecule has 1 unspecified atom stereocenters. The maximum atomic E-state index is 9.80. The molecule has 2 rings (SSSR count). The Kier molecular flexibility index (Phi) is 2.12. The largest absolute Gasteiger partial charge is 0.388 e. The van der Waals surface area contributed by atoms with Crippen molar-refractivity contribution in [3.05, 3.63) is 34.9 Å².